The van der Waals surface area contributed by atoms with E-state index in [4.69, 9.17) is 5.73 Å². The molecule has 1 saturated heterocycles. The number of thiophene rings is 1. The van der Waals surface area contributed by atoms with Crippen LogP contribution in [0.4, 0.5) is 0 Å². The van der Waals surface area contributed by atoms with Gasteiger partial charge in [-0.3, -0.25) is 9.69 Å². The van der Waals surface area contributed by atoms with Crippen molar-refractivity contribution < 1.29 is 4.79 Å². The van der Waals surface area contributed by atoms with Gasteiger partial charge in [0.25, 0.3) is 0 Å². The highest BCUT2D eigenvalue weighted by Gasteiger charge is 2.34. The van der Waals surface area contributed by atoms with E-state index in [2.05, 4.69) is 21.7 Å². The van der Waals surface area contributed by atoms with Crippen molar-refractivity contribution in [3.05, 3.63) is 22.4 Å². The Morgan fingerprint density at radius 2 is 2.41 bits per heavy atom. The van der Waals surface area contributed by atoms with Crippen LogP contribution < -0.4 is 11.1 Å². The summed E-state index contributed by atoms with van der Waals surface area (Å²) in [6.07, 6.45) is 0. The van der Waals surface area contributed by atoms with Crippen LogP contribution in [0.15, 0.2) is 17.5 Å². The third-order valence-electron chi connectivity index (χ3n) is 3.24. The Kier molecular flexibility index (Phi) is 3.81. The van der Waals surface area contributed by atoms with Gasteiger partial charge in [-0.05, 0) is 25.3 Å². The fraction of sp³-hybridized carbons (Fsp3) is 0.583. The van der Waals surface area contributed by atoms with Crippen molar-refractivity contribution in [1.82, 2.24) is 10.2 Å². The lowest BCUT2D eigenvalue weighted by Gasteiger charge is -2.40. The predicted molar refractivity (Wildman–Crippen MR) is 69.9 cm³/mol. The molecule has 2 heterocycles. The third kappa shape index (κ3) is 2.51. The summed E-state index contributed by atoms with van der Waals surface area (Å²) >= 11 is 1.70. The Balaban J connectivity index is 2.24. The minimum Gasteiger partial charge on any atom is -0.353 e. The number of piperazine rings is 1. The van der Waals surface area contributed by atoms with E-state index in [9.17, 15) is 4.79 Å². The van der Waals surface area contributed by atoms with Crippen LogP contribution >= 0.6 is 11.3 Å². The molecule has 3 atom stereocenters. The average Bonchev–Trinajstić information content (AvgIpc) is 2.77. The van der Waals surface area contributed by atoms with Crippen LogP contribution in [0, 0.1) is 0 Å². The van der Waals surface area contributed by atoms with Crippen molar-refractivity contribution >= 4 is 17.2 Å². The Morgan fingerprint density at radius 1 is 1.65 bits per heavy atom. The summed E-state index contributed by atoms with van der Waals surface area (Å²) in [4.78, 5) is 15.2. The van der Waals surface area contributed by atoms with Crippen molar-refractivity contribution in [3.63, 3.8) is 0 Å². The normalized spacial score (nSPS) is 25.4. The smallest absolute Gasteiger partial charge is 0.237 e. The summed E-state index contributed by atoms with van der Waals surface area (Å²) in [6.45, 7) is 5.51. The van der Waals surface area contributed by atoms with E-state index >= 15 is 0 Å². The second-order valence-electron chi connectivity index (χ2n) is 4.52. The molecule has 3 N–H and O–H groups in total. The Morgan fingerprint density at radius 3 is 3.00 bits per heavy atom. The zero-order valence-corrected chi connectivity index (χ0v) is 11.0. The first-order valence-electron chi connectivity index (χ1n) is 5.93. The maximum absolute atomic E-state index is 11.7. The molecule has 0 spiro atoms. The molecule has 1 aliphatic heterocycles. The number of nitrogens with two attached hydrogens (primary N) is 1. The first kappa shape index (κ1) is 12.5. The molecule has 2 rings (SSSR count). The van der Waals surface area contributed by atoms with E-state index in [0.717, 1.165) is 6.54 Å². The molecule has 0 bridgehead atoms. The largest absolute Gasteiger partial charge is 0.353 e. The van der Waals surface area contributed by atoms with E-state index in [1.165, 1.54) is 4.88 Å². The average molecular weight is 253 g/mol. The molecule has 4 nitrogen and oxygen atoms in total. The SMILES string of the molecule is CC(N)C(c1cccs1)N1CCNC(=O)C1C. The zero-order valence-electron chi connectivity index (χ0n) is 10.2. The van der Waals surface area contributed by atoms with Crippen LogP contribution in [0.25, 0.3) is 0 Å². The first-order valence-corrected chi connectivity index (χ1v) is 6.81. The van der Waals surface area contributed by atoms with Crippen LogP contribution in [-0.2, 0) is 4.79 Å². The van der Waals surface area contributed by atoms with Crippen LogP contribution in [0.5, 0.6) is 0 Å². The minimum atomic E-state index is -0.109. The second-order valence-corrected chi connectivity index (χ2v) is 5.50. The summed E-state index contributed by atoms with van der Waals surface area (Å²) in [5.41, 5.74) is 6.10. The molecular weight excluding hydrogens is 234 g/mol. The van der Waals surface area contributed by atoms with Gasteiger partial charge in [0.15, 0.2) is 0 Å². The molecular formula is C12H19N3OS. The highest BCUT2D eigenvalue weighted by molar-refractivity contribution is 7.10. The summed E-state index contributed by atoms with van der Waals surface area (Å²) in [5.74, 6) is 0.0958. The van der Waals surface area contributed by atoms with Gasteiger partial charge in [0.05, 0.1) is 12.1 Å². The van der Waals surface area contributed by atoms with Gasteiger partial charge in [0.2, 0.25) is 5.91 Å². The van der Waals surface area contributed by atoms with Gasteiger partial charge < -0.3 is 11.1 Å². The van der Waals surface area contributed by atoms with Gasteiger partial charge in [0, 0.05) is 24.0 Å². The van der Waals surface area contributed by atoms with Crippen molar-refractivity contribution in [2.24, 2.45) is 5.73 Å². The van der Waals surface area contributed by atoms with Gasteiger partial charge in [-0.25, -0.2) is 0 Å². The van der Waals surface area contributed by atoms with Crippen LogP contribution in [-0.4, -0.2) is 36.0 Å². The topological polar surface area (TPSA) is 58.4 Å². The summed E-state index contributed by atoms with van der Waals surface area (Å²) in [5, 5.41) is 4.94. The molecule has 1 aromatic heterocycles. The quantitative estimate of drug-likeness (QED) is 0.843. The second kappa shape index (κ2) is 5.16. The molecule has 3 unspecified atom stereocenters. The molecule has 0 radical (unpaired) electrons. The number of amides is 1. The molecule has 5 heteroatoms. The van der Waals surface area contributed by atoms with Crippen molar-refractivity contribution in [2.45, 2.75) is 32.0 Å². The van der Waals surface area contributed by atoms with Gasteiger partial charge in [-0.2, -0.15) is 0 Å². The molecule has 17 heavy (non-hydrogen) atoms. The number of nitrogens with zero attached hydrogens (tertiary/aromatic N) is 1. The lowest BCUT2D eigenvalue weighted by atomic mass is 10.0. The zero-order chi connectivity index (χ0) is 12.4. The minimum absolute atomic E-state index is 0.0157. The standard InChI is InChI=1S/C12H19N3OS/c1-8(13)11(10-4-3-7-17-10)15-6-5-14-12(16)9(15)2/h3-4,7-9,11H,5-6,13H2,1-2H3,(H,14,16). The number of hydrogen-bond donors (Lipinski definition) is 2. The van der Waals surface area contributed by atoms with Gasteiger partial charge in [-0.1, -0.05) is 6.07 Å². The highest BCUT2D eigenvalue weighted by atomic mass is 32.1. The molecule has 1 amide bonds. The summed E-state index contributed by atoms with van der Waals surface area (Å²) in [6, 6.07) is 4.17. The first-order chi connectivity index (χ1) is 8.11. The van der Waals surface area contributed by atoms with Crippen LogP contribution in [0.2, 0.25) is 0 Å². The number of rotatable bonds is 3. The van der Waals surface area contributed by atoms with Crippen molar-refractivity contribution in [2.75, 3.05) is 13.1 Å². The number of nitrogens with one attached hydrogen (secondary N) is 1. The molecule has 0 saturated carbocycles. The number of carbonyl (C=O) groups excluding carboxylic acids is 1. The van der Waals surface area contributed by atoms with Gasteiger partial charge in [-0.15, -0.1) is 11.3 Å². The molecule has 1 aliphatic rings. The van der Waals surface area contributed by atoms with Crippen molar-refractivity contribution in [1.29, 1.82) is 0 Å². The van der Waals surface area contributed by atoms with E-state index < -0.39 is 0 Å². The lowest BCUT2D eigenvalue weighted by molar-refractivity contribution is -0.129. The Labute approximate surface area is 106 Å². The molecule has 0 aromatic carbocycles. The van der Waals surface area contributed by atoms with Crippen LogP contribution in [0.3, 0.4) is 0 Å². The van der Waals surface area contributed by atoms with E-state index in [0.29, 0.717) is 6.54 Å². The maximum atomic E-state index is 11.7. The monoisotopic (exact) mass is 253 g/mol. The van der Waals surface area contributed by atoms with Crippen molar-refractivity contribution in [3.8, 4) is 0 Å². The number of carbonyl (C=O) groups is 1. The molecule has 0 aliphatic carbocycles. The summed E-state index contributed by atoms with van der Waals surface area (Å²) in [7, 11) is 0. The number of hydrogen-bond acceptors (Lipinski definition) is 4. The Hall–Kier alpha value is -0.910. The fourth-order valence-corrected chi connectivity index (χ4v) is 3.33. The summed E-state index contributed by atoms with van der Waals surface area (Å²) < 4.78 is 0. The van der Waals surface area contributed by atoms with E-state index in [1.54, 1.807) is 11.3 Å². The predicted octanol–water partition coefficient (Wildman–Crippen LogP) is 0.957. The van der Waals surface area contributed by atoms with Crippen LogP contribution in [0.1, 0.15) is 24.8 Å². The molecule has 1 aromatic rings. The molecule has 94 valence electrons. The molecule has 1 fully saturated rings. The van der Waals surface area contributed by atoms with E-state index in [-0.39, 0.29) is 24.0 Å². The lowest BCUT2D eigenvalue weighted by Crippen LogP contribution is -2.57. The van der Waals surface area contributed by atoms with Gasteiger partial charge in [0.1, 0.15) is 0 Å². The Bertz CT molecular complexity index is 377. The maximum Gasteiger partial charge on any atom is 0.237 e. The van der Waals surface area contributed by atoms with E-state index in [1.807, 2.05) is 19.9 Å². The fourth-order valence-electron chi connectivity index (χ4n) is 2.36. The highest BCUT2D eigenvalue weighted by Crippen LogP contribution is 2.29. The van der Waals surface area contributed by atoms with Gasteiger partial charge >= 0.3 is 0 Å². The third-order valence-corrected chi connectivity index (χ3v) is 4.18.